The van der Waals surface area contributed by atoms with E-state index < -0.39 is 17.6 Å². The predicted molar refractivity (Wildman–Crippen MR) is 144 cm³/mol. The summed E-state index contributed by atoms with van der Waals surface area (Å²) in [7, 11) is 0. The molecule has 0 saturated heterocycles. The molecule has 0 spiro atoms. The van der Waals surface area contributed by atoms with Crippen LogP contribution in [0.2, 0.25) is 0 Å². The number of benzene rings is 5. The Bertz CT molecular complexity index is 1560. The Balaban J connectivity index is 1.34. The van der Waals surface area contributed by atoms with Gasteiger partial charge in [-0.25, -0.2) is 4.39 Å². The highest BCUT2D eigenvalue weighted by atomic mass is 19.4. The van der Waals surface area contributed by atoms with E-state index in [4.69, 9.17) is 0 Å². The van der Waals surface area contributed by atoms with E-state index in [9.17, 15) is 17.6 Å². The minimum atomic E-state index is -4.71. The molecule has 0 bridgehead atoms. The zero-order valence-corrected chi connectivity index (χ0v) is 20.0. The van der Waals surface area contributed by atoms with Crippen LogP contribution in [0.15, 0.2) is 116 Å². The van der Waals surface area contributed by atoms with E-state index in [1.165, 1.54) is 22.4 Å². The lowest BCUT2D eigenvalue weighted by molar-refractivity contribution is -0.139. The van der Waals surface area contributed by atoms with Crippen LogP contribution in [0.25, 0.3) is 44.2 Å². The molecule has 0 aliphatic carbocycles. The molecule has 0 amide bonds. The monoisotopic (exact) mass is 496 g/mol. The molecular formula is C33H24F4. The van der Waals surface area contributed by atoms with Gasteiger partial charge in [0.15, 0.2) is 0 Å². The van der Waals surface area contributed by atoms with Crippen molar-refractivity contribution < 1.29 is 17.6 Å². The first-order chi connectivity index (χ1) is 17.8. The molecule has 4 heteroatoms. The Morgan fingerprint density at radius 3 is 1.57 bits per heavy atom. The van der Waals surface area contributed by atoms with Gasteiger partial charge in [0.25, 0.3) is 0 Å². The van der Waals surface area contributed by atoms with Crippen LogP contribution in [-0.2, 0) is 12.6 Å². The number of alkyl halides is 3. The standard InChI is InChI=1S/C33H24F4/c1-2-3-4-22-5-6-29-20-28(16-15-27(29)19-22)25-11-7-23(8-12-25)24-9-13-26(14-10-24)30-17-18-31(32(34)21-30)33(35,36)37/h2,5-21H,1,3-4H2. The van der Waals surface area contributed by atoms with Gasteiger partial charge in [0.05, 0.1) is 5.56 Å². The van der Waals surface area contributed by atoms with E-state index in [2.05, 4.69) is 55.1 Å². The summed E-state index contributed by atoms with van der Waals surface area (Å²) in [6.07, 6.45) is -0.816. The molecule has 37 heavy (non-hydrogen) atoms. The maximum absolute atomic E-state index is 14.0. The lowest BCUT2D eigenvalue weighted by Crippen LogP contribution is -2.07. The van der Waals surface area contributed by atoms with Gasteiger partial charge in [0.1, 0.15) is 5.82 Å². The van der Waals surface area contributed by atoms with Crippen molar-refractivity contribution in [3.63, 3.8) is 0 Å². The van der Waals surface area contributed by atoms with Gasteiger partial charge in [0.2, 0.25) is 0 Å². The topological polar surface area (TPSA) is 0 Å². The molecule has 0 nitrogen and oxygen atoms in total. The number of hydrogen-bond acceptors (Lipinski definition) is 0. The van der Waals surface area contributed by atoms with Crippen molar-refractivity contribution in [1.29, 1.82) is 0 Å². The molecule has 0 N–H and O–H groups in total. The Kier molecular flexibility index (Phi) is 6.66. The Morgan fingerprint density at radius 2 is 1.03 bits per heavy atom. The van der Waals surface area contributed by atoms with Gasteiger partial charge in [-0.2, -0.15) is 13.2 Å². The summed E-state index contributed by atoms with van der Waals surface area (Å²) in [4.78, 5) is 0. The first kappa shape index (κ1) is 24.5. The van der Waals surface area contributed by atoms with Crippen LogP contribution in [-0.4, -0.2) is 0 Å². The lowest BCUT2D eigenvalue weighted by Gasteiger charge is -2.10. The maximum atomic E-state index is 14.0. The van der Waals surface area contributed by atoms with Gasteiger partial charge < -0.3 is 0 Å². The fourth-order valence-electron chi connectivity index (χ4n) is 4.53. The van der Waals surface area contributed by atoms with Crippen molar-refractivity contribution in [2.75, 3.05) is 0 Å². The van der Waals surface area contributed by atoms with Crippen LogP contribution < -0.4 is 0 Å². The van der Waals surface area contributed by atoms with Gasteiger partial charge >= 0.3 is 6.18 Å². The van der Waals surface area contributed by atoms with Crippen LogP contribution in [0.1, 0.15) is 17.5 Å². The summed E-state index contributed by atoms with van der Waals surface area (Å²) in [5.41, 5.74) is 5.32. The number of halogens is 4. The molecule has 0 aliphatic rings. The van der Waals surface area contributed by atoms with Crippen LogP contribution in [0.3, 0.4) is 0 Å². The summed E-state index contributed by atoms with van der Waals surface area (Å²) < 4.78 is 52.5. The highest BCUT2D eigenvalue weighted by molar-refractivity contribution is 5.88. The zero-order valence-electron chi connectivity index (χ0n) is 20.0. The minimum Gasteiger partial charge on any atom is -0.206 e. The summed E-state index contributed by atoms with van der Waals surface area (Å²) in [5.74, 6) is -1.27. The van der Waals surface area contributed by atoms with Crippen molar-refractivity contribution in [1.82, 2.24) is 0 Å². The molecule has 184 valence electrons. The van der Waals surface area contributed by atoms with Crippen LogP contribution in [0, 0.1) is 5.82 Å². The van der Waals surface area contributed by atoms with E-state index in [0.29, 0.717) is 11.1 Å². The van der Waals surface area contributed by atoms with Crippen LogP contribution >= 0.6 is 0 Å². The average Bonchev–Trinajstić information content (AvgIpc) is 2.91. The van der Waals surface area contributed by atoms with E-state index in [0.717, 1.165) is 47.2 Å². The average molecular weight is 497 g/mol. The molecule has 0 radical (unpaired) electrons. The second kappa shape index (κ2) is 10.1. The van der Waals surface area contributed by atoms with E-state index >= 15 is 0 Å². The summed E-state index contributed by atoms with van der Waals surface area (Å²) in [6.45, 7) is 3.79. The predicted octanol–water partition coefficient (Wildman–Crippen LogP) is 10.1. The molecule has 0 aliphatic heterocycles. The van der Waals surface area contributed by atoms with E-state index in [1.54, 1.807) is 12.1 Å². The number of aryl methyl sites for hydroxylation is 1. The van der Waals surface area contributed by atoms with Crippen LogP contribution in [0.4, 0.5) is 17.6 Å². The molecule has 0 unspecified atom stereocenters. The second-order valence-corrected chi connectivity index (χ2v) is 9.07. The SMILES string of the molecule is C=CCCc1ccc2cc(-c3ccc(-c4ccc(-c5ccc(C(F)(F)F)c(F)c5)cc4)cc3)ccc2c1. The molecule has 0 atom stereocenters. The highest BCUT2D eigenvalue weighted by Gasteiger charge is 2.33. The molecule has 5 rings (SSSR count). The summed E-state index contributed by atoms with van der Waals surface area (Å²) in [5, 5.41) is 2.41. The first-order valence-electron chi connectivity index (χ1n) is 12.0. The summed E-state index contributed by atoms with van der Waals surface area (Å²) >= 11 is 0. The number of rotatable bonds is 6. The van der Waals surface area contributed by atoms with Crippen molar-refractivity contribution in [2.24, 2.45) is 0 Å². The Hall–Kier alpha value is -4.18. The third-order valence-electron chi connectivity index (χ3n) is 6.59. The fraction of sp³-hybridized carbons (Fsp3) is 0.0909. The Morgan fingerprint density at radius 1 is 0.568 bits per heavy atom. The maximum Gasteiger partial charge on any atom is 0.419 e. The minimum absolute atomic E-state index is 0.400. The molecular weight excluding hydrogens is 472 g/mol. The lowest BCUT2D eigenvalue weighted by atomic mass is 9.96. The second-order valence-electron chi connectivity index (χ2n) is 9.07. The largest absolute Gasteiger partial charge is 0.419 e. The Labute approximate surface area is 213 Å². The highest BCUT2D eigenvalue weighted by Crippen LogP contribution is 2.34. The quantitative estimate of drug-likeness (QED) is 0.162. The number of allylic oxidation sites excluding steroid dienone is 1. The van der Waals surface area contributed by atoms with Crippen molar-refractivity contribution in [3.8, 4) is 33.4 Å². The van der Waals surface area contributed by atoms with Gasteiger partial charge in [0, 0.05) is 0 Å². The first-order valence-corrected chi connectivity index (χ1v) is 12.0. The number of fused-ring (bicyclic) bond motifs is 1. The third-order valence-corrected chi connectivity index (χ3v) is 6.59. The molecule has 0 saturated carbocycles. The van der Waals surface area contributed by atoms with Crippen LogP contribution in [0.5, 0.6) is 0 Å². The molecule has 0 aromatic heterocycles. The smallest absolute Gasteiger partial charge is 0.206 e. The fourth-order valence-corrected chi connectivity index (χ4v) is 4.53. The van der Waals surface area contributed by atoms with Crippen molar-refractivity contribution >= 4 is 10.8 Å². The molecule has 0 heterocycles. The molecule has 0 fully saturated rings. The van der Waals surface area contributed by atoms with Gasteiger partial charge in [-0.3, -0.25) is 0 Å². The van der Waals surface area contributed by atoms with E-state index in [-0.39, 0.29) is 0 Å². The summed E-state index contributed by atoms with van der Waals surface area (Å²) in [6, 6.07) is 31.6. The van der Waals surface area contributed by atoms with Crippen molar-refractivity contribution in [3.05, 3.63) is 133 Å². The van der Waals surface area contributed by atoms with Gasteiger partial charge in [-0.15, -0.1) is 6.58 Å². The molecule has 5 aromatic rings. The van der Waals surface area contributed by atoms with Gasteiger partial charge in [-0.05, 0) is 80.8 Å². The third kappa shape index (κ3) is 5.34. The van der Waals surface area contributed by atoms with E-state index in [1.807, 2.05) is 30.3 Å². The van der Waals surface area contributed by atoms with Crippen molar-refractivity contribution in [2.45, 2.75) is 19.0 Å². The number of hydrogen-bond donors (Lipinski definition) is 0. The molecule has 5 aromatic carbocycles. The van der Waals surface area contributed by atoms with Gasteiger partial charge in [-0.1, -0.05) is 91.0 Å². The zero-order chi connectivity index (χ0) is 26.0. The normalized spacial score (nSPS) is 11.6.